The fourth-order valence-corrected chi connectivity index (χ4v) is 3.13. The van der Waals surface area contributed by atoms with Crippen LogP contribution in [0.5, 0.6) is 0 Å². The highest BCUT2D eigenvalue weighted by Gasteiger charge is 2.25. The number of anilines is 2. The van der Waals surface area contributed by atoms with Gasteiger partial charge in [0.05, 0.1) is 12.0 Å². The summed E-state index contributed by atoms with van der Waals surface area (Å²) in [6, 6.07) is 2.07. The van der Waals surface area contributed by atoms with Crippen LogP contribution < -0.4 is 11.1 Å². The Morgan fingerprint density at radius 3 is 2.65 bits per heavy atom. The van der Waals surface area contributed by atoms with Gasteiger partial charge in [-0.3, -0.25) is 0 Å². The van der Waals surface area contributed by atoms with Gasteiger partial charge >= 0.3 is 0 Å². The number of aliphatic hydroxyl groups excluding tert-OH is 1. The number of nitrogens with zero attached hydrogens (tertiary/aromatic N) is 2. The van der Waals surface area contributed by atoms with Crippen LogP contribution in [0, 0.1) is 12.3 Å². The Morgan fingerprint density at radius 1 is 1.35 bits per heavy atom. The fraction of sp³-hybridized carbons (Fsp3) is 0.571. The number of hydrogen-bond donors (Lipinski definition) is 3. The molecule has 2 heterocycles. The Morgan fingerprint density at radius 2 is 2.05 bits per heavy atom. The summed E-state index contributed by atoms with van der Waals surface area (Å²) in [5.41, 5.74) is 5.65. The minimum Gasteiger partial charge on any atom is -0.396 e. The standard InChI is InChI=1S/C14H22N4OS/c1-4-14(5-2,8-19)7-16-11-10-6-9(3)20-12(10)18-13(15)17-11/h6,19H,4-5,7-8H2,1-3H3,(H3,15,16,17,18). The molecule has 4 N–H and O–H groups in total. The predicted octanol–water partition coefficient (Wildman–Crippen LogP) is 2.79. The summed E-state index contributed by atoms with van der Waals surface area (Å²) in [4.78, 5) is 10.6. The largest absolute Gasteiger partial charge is 0.396 e. The van der Waals surface area contributed by atoms with Crippen LogP contribution in [0.3, 0.4) is 0 Å². The molecule has 0 bridgehead atoms. The average molecular weight is 294 g/mol. The van der Waals surface area contributed by atoms with E-state index in [1.165, 1.54) is 4.88 Å². The van der Waals surface area contributed by atoms with Crippen LogP contribution in [-0.2, 0) is 0 Å². The molecule has 2 aromatic rings. The summed E-state index contributed by atoms with van der Waals surface area (Å²) in [5, 5.41) is 14.0. The maximum absolute atomic E-state index is 9.63. The molecule has 5 nitrogen and oxygen atoms in total. The van der Waals surface area contributed by atoms with Crippen molar-refractivity contribution in [2.45, 2.75) is 33.6 Å². The lowest BCUT2D eigenvalue weighted by Crippen LogP contribution is -2.32. The van der Waals surface area contributed by atoms with Crippen LogP contribution in [0.25, 0.3) is 10.2 Å². The Bertz CT molecular complexity index is 584. The smallest absolute Gasteiger partial charge is 0.223 e. The van der Waals surface area contributed by atoms with E-state index < -0.39 is 0 Å². The summed E-state index contributed by atoms with van der Waals surface area (Å²) in [6.07, 6.45) is 1.83. The maximum Gasteiger partial charge on any atom is 0.223 e. The third-order valence-electron chi connectivity index (χ3n) is 4.00. The number of aliphatic hydroxyl groups is 1. The van der Waals surface area contributed by atoms with Crippen molar-refractivity contribution in [1.82, 2.24) is 9.97 Å². The van der Waals surface area contributed by atoms with Gasteiger partial charge in [0.15, 0.2) is 0 Å². The van der Waals surface area contributed by atoms with Gasteiger partial charge in [0.1, 0.15) is 10.6 Å². The summed E-state index contributed by atoms with van der Waals surface area (Å²) >= 11 is 1.61. The molecule has 0 unspecified atom stereocenters. The van der Waals surface area contributed by atoms with E-state index in [0.29, 0.717) is 6.54 Å². The minimum absolute atomic E-state index is 0.114. The lowest BCUT2D eigenvalue weighted by atomic mass is 9.83. The highest BCUT2D eigenvalue weighted by atomic mass is 32.1. The first-order valence-corrected chi connectivity index (χ1v) is 7.73. The van der Waals surface area contributed by atoms with Gasteiger partial charge in [-0.1, -0.05) is 13.8 Å². The molecule has 0 radical (unpaired) electrons. The van der Waals surface area contributed by atoms with E-state index in [2.05, 4.69) is 35.2 Å². The first-order chi connectivity index (χ1) is 9.53. The molecule has 0 fully saturated rings. The third kappa shape index (κ3) is 2.86. The van der Waals surface area contributed by atoms with Gasteiger partial charge in [0.2, 0.25) is 5.95 Å². The highest BCUT2D eigenvalue weighted by Crippen LogP contribution is 2.31. The molecule has 0 aliphatic carbocycles. The third-order valence-corrected chi connectivity index (χ3v) is 4.94. The lowest BCUT2D eigenvalue weighted by molar-refractivity contribution is 0.127. The molecule has 6 heteroatoms. The average Bonchev–Trinajstić information content (AvgIpc) is 2.81. The second-order valence-electron chi connectivity index (χ2n) is 5.23. The molecule has 0 amide bonds. The first kappa shape index (κ1) is 15.0. The zero-order chi connectivity index (χ0) is 14.8. The quantitative estimate of drug-likeness (QED) is 0.763. The first-order valence-electron chi connectivity index (χ1n) is 6.92. The number of nitrogen functional groups attached to an aromatic ring is 1. The molecule has 0 spiro atoms. The van der Waals surface area contributed by atoms with Crippen LogP contribution >= 0.6 is 11.3 Å². The number of fused-ring (bicyclic) bond motifs is 1. The van der Waals surface area contributed by atoms with E-state index in [0.717, 1.165) is 28.9 Å². The second-order valence-corrected chi connectivity index (χ2v) is 6.46. The van der Waals surface area contributed by atoms with Crippen molar-refractivity contribution in [2.24, 2.45) is 5.41 Å². The van der Waals surface area contributed by atoms with Crippen LogP contribution in [-0.4, -0.2) is 28.2 Å². The minimum atomic E-state index is -0.114. The normalized spacial score (nSPS) is 12.0. The molecule has 0 aliphatic heterocycles. The van der Waals surface area contributed by atoms with Gasteiger partial charge < -0.3 is 16.2 Å². The number of aryl methyl sites for hydroxylation is 1. The van der Waals surface area contributed by atoms with Crippen molar-refractivity contribution in [2.75, 3.05) is 24.2 Å². The Hall–Kier alpha value is -1.40. The van der Waals surface area contributed by atoms with E-state index in [9.17, 15) is 5.11 Å². The summed E-state index contributed by atoms with van der Waals surface area (Å²) in [7, 11) is 0. The SMILES string of the molecule is CCC(CC)(CO)CNc1nc(N)nc2sc(C)cc12. The van der Waals surface area contributed by atoms with Gasteiger partial charge in [0, 0.05) is 16.8 Å². The van der Waals surface area contributed by atoms with Crippen molar-refractivity contribution < 1.29 is 5.11 Å². The molecule has 2 aromatic heterocycles. The zero-order valence-electron chi connectivity index (χ0n) is 12.2. The molecule has 0 aromatic carbocycles. The van der Waals surface area contributed by atoms with Crippen LogP contribution in [0.15, 0.2) is 6.07 Å². The predicted molar refractivity (Wildman–Crippen MR) is 85.2 cm³/mol. The molecule has 0 saturated carbocycles. The van der Waals surface area contributed by atoms with Gasteiger partial charge in [-0.2, -0.15) is 4.98 Å². The number of rotatable bonds is 6. The molecule has 0 atom stereocenters. The molecule has 2 rings (SSSR count). The van der Waals surface area contributed by atoms with Crippen LogP contribution in [0.1, 0.15) is 31.6 Å². The topological polar surface area (TPSA) is 84.1 Å². The zero-order valence-corrected chi connectivity index (χ0v) is 13.0. The van der Waals surface area contributed by atoms with Crippen molar-refractivity contribution in [3.05, 3.63) is 10.9 Å². The molecule has 0 saturated heterocycles. The van der Waals surface area contributed by atoms with Gasteiger partial charge in [-0.15, -0.1) is 11.3 Å². The lowest BCUT2D eigenvalue weighted by Gasteiger charge is -2.29. The second kappa shape index (κ2) is 5.93. The number of nitrogens with two attached hydrogens (primary N) is 1. The summed E-state index contributed by atoms with van der Waals surface area (Å²) in [5.74, 6) is 1.04. The molecule has 0 aliphatic rings. The Labute approximate surface area is 123 Å². The van der Waals surface area contributed by atoms with E-state index >= 15 is 0 Å². The highest BCUT2D eigenvalue weighted by molar-refractivity contribution is 7.18. The van der Waals surface area contributed by atoms with Crippen molar-refractivity contribution in [3.8, 4) is 0 Å². The molecular weight excluding hydrogens is 272 g/mol. The van der Waals surface area contributed by atoms with Gasteiger partial charge in [-0.25, -0.2) is 4.98 Å². The van der Waals surface area contributed by atoms with Crippen LogP contribution in [0.4, 0.5) is 11.8 Å². The van der Waals surface area contributed by atoms with E-state index in [-0.39, 0.29) is 18.0 Å². The van der Waals surface area contributed by atoms with Crippen LogP contribution in [0.2, 0.25) is 0 Å². The maximum atomic E-state index is 9.63. The monoisotopic (exact) mass is 294 g/mol. The van der Waals surface area contributed by atoms with Crippen molar-refractivity contribution in [3.63, 3.8) is 0 Å². The van der Waals surface area contributed by atoms with E-state index in [1.54, 1.807) is 11.3 Å². The van der Waals surface area contributed by atoms with Crippen molar-refractivity contribution in [1.29, 1.82) is 0 Å². The molecular formula is C14H22N4OS. The van der Waals surface area contributed by atoms with E-state index in [1.807, 2.05) is 6.92 Å². The molecule has 110 valence electrons. The number of hydrogen-bond acceptors (Lipinski definition) is 6. The van der Waals surface area contributed by atoms with Gasteiger partial charge in [0.25, 0.3) is 0 Å². The summed E-state index contributed by atoms with van der Waals surface area (Å²) < 4.78 is 0. The molecule has 20 heavy (non-hydrogen) atoms. The Balaban J connectivity index is 2.29. The van der Waals surface area contributed by atoms with Crippen molar-refractivity contribution >= 4 is 33.3 Å². The van der Waals surface area contributed by atoms with Gasteiger partial charge in [-0.05, 0) is 25.8 Å². The number of thiophene rings is 1. The number of nitrogens with one attached hydrogen (secondary N) is 1. The fourth-order valence-electron chi connectivity index (χ4n) is 2.24. The Kier molecular flexibility index (Phi) is 4.45. The van der Waals surface area contributed by atoms with E-state index in [4.69, 9.17) is 5.73 Å². The number of aromatic nitrogens is 2. The summed E-state index contributed by atoms with van der Waals surface area (Å²) in [6.45, 7) is 7.08.